The molecule has 1 unspecified atom stereocenters. The largest absolute Gasteiger partial charge is 0.495 e. The number of para-hydroxylation sites is 3. The van der Waals surface area contributed by atoms with Crippen LogP contribution in [0.15, 0.2) is 83.7 Å². The maximum atomic E-state index is 13.8. The van der Waals surface area contributed by atoms with Gasteiger partial charge in [-0.2, -0.15) is 0 Å². The van der Waals surface area contributed by atoms with E-state index >= 15 is 0 Å². The second-order valence-corrected chi connectivity index (χ2v) is 9.04. The lowest BCUT2D eigenvalue weighted by molar-refractivity contribution is -0.384. The SMILES string of the molecule is CCCCN(C(=O)/C=C/c1ccc([N+](=O)[O-])cc1)C(C)c1nc2ccccc2c(=O)n1-c1ccccc1OC. The second-order valence-electron chi connectivity index (χ2n) is 9.04. The first-order valence-corrected chi connectivity index (χ1v) is 12.7. The average molecular weight is 527 g/mol. The van der Waals surface area contributed by atoms with Gasteiger partial charge in [-0.1, -0.05) is 37.6 Å². The maximum Gasteiger partial charge on any atom is 0.269 e. The number of carbonyl (C=O) groups excluding carboxylic acids is 1. The molecule has 39 heavy (non-hydrogen) atoms. The Morgan fingerprint density at radius 1 is 1.10 bits per heavy atom. The van der Waals surface area contributed by atoms with Gasteiger partial charge < -0.3 is 9.64 Å². The first-order chi connectivity index (χ1) is 18.8. The molecule has 4 rings (SSSR count). The van der Waals surface area contributed by atoms with E-state index in [1.807, 2.05) is 32.0 Å². The van der Waals surface area contributed by atoms with Crippen molar-refractivity contribution < 1.29 is 14.5 Å². The highest BCUT2D eigenvalue weighted by atomic mass is 16.6. The molecule has 0 aliphatic heterocycles. The minimum absolute atomic E-state index is 0.0200. The van der Waals surface area contributed by atoms with Crippen LogP contribution in [0.25, 0.3) is 22.7 Å². The third kappa shape index (κ3) is 5.87. The van der Waals surface area contributed by atoms with Crippen LogP contribution in [0.1, 0.15) is 44.1 Å². The molecule has 1 aromatic heterocycles. The lowest BCUT2D eigenvalue weighted by Gasteiger charge is -2.30. The number of benzene rings is 3. The molecule has 0 N–H and O–H groups in total. The zero-order valence-corrected chi connectivity index (χ0v) is 22.1. The number of unbranched alkanes of at least 4 members (excludes halogenated alkanes) is 1. The summed E-state index contributed by atoms with van der Waals surface area (Å²) in [5.41, 5.74) is 1.46. The first-order valence-electron chi connectivity index (χ1n) is 12.7. The fraction of sp³-hybridized carbons (Fsp3) is 0.233. The Bertz CT molecular complexity index is 1580. The molecule has 0 radical (unpaired) electrons. The number of aromatic nitrogens is 2. The predicted molar refractivity (Wildman–Crippen MR) is 151 cm³/mol. The van der Waals surface area contributed by atoms with Crippen LogP contribution in [0.2, 0.25) is 0 Å². The molecule has 3 aromatic carbocycles. The number of nitrogens with zero attached hydrogens (tertiary/aromatic N) is 4. The summed E-state index contributed by atoms with van der Waals surface area (Å²) in [6.45, 7) is 4.35. The molecular weight excluding hydrogens is 496 g/mol. The summed E-state index contributed by atoms with van der Waals surface area (Å²) in [5, 5.41) is 11.4. The van der Waals surface area contributed by atoms with Crippen molar-refractivity contribution in [2.45, 2.75) is 32.7 Å². The Kier molecular flexibility index (Phi) is 8.50. The Labute approximate surface area is 226 Å². The monoisotopic (exact) mass is 526 g/mol. The van der Waals surface area contributed by atoms with Gasteiger partial charge in [0.1, 0.15) is 11.6 Å². The van der Waals surface area contributed by atoms with Crippen LogP contribution in [0.4, 0.5) is 5.69 Å². The quantitative estimate of drug-likeness (QED) is 0.149. The standard InChI is InChI=1S/C30H30N4O5/c1-4-5-20-32(28(35)19-16-22-14-17-23(18-15-22)34(37)38)21(2)29-31-25-11-7-6-10-24(25)30(36)33(29)26-12-8-9-13-27(26)39-3/h6-19,21H,4-5,20H2,1-3H3/b19-16+. The number of amides is 1. The second kappa shape index (κ2) is 12.2. The molecule has 0 bridgehead atoms. The molecule has 1 amide bonds. The van der Waals surface area contributed by atoms with Crippen LogP contribution >= 0.6 is 0 Å². The van der Waals surface area contributed by atoms with Gasteiger partial charge in [0.05, 0.1) is 34.7 Å². The smallest absolute Gasteiger partial charge is 0.269 e. The summed E-state index contributed by atoms with van der Waals surface area (Å²) in [4.78, 5) is 44.4. The Morgan fingerprint density at radius 3 is 2.49 bits per heavy atom. The lowest BCUT2D eigenvalue weighted by atomic mass is 10.1. The van der Waals surface area contributed by atoms with E-state index < -0.39 is 11.0 Å². The molecule has 200 valence electrons. The number of nitro groups is 1. The van der Waals surface area contributed by atoms with Crippen LogP contribution < -0.4 is 10.3 Å². The van der Waals surface area contributed by atoms with Gasteiger partial charge in [-0.15, -0.1) is 0 Å². The van der Waals surface area contributed by atoms with Crippen LogP contribution in [0, 0.1) is 10.1 Å². The number of methoxy groups -OCH3 is 1. The van der Waals surface area contributed by atoms with Crippen LogP contribution in [0.5, 0.6) is 5.75 Å². The van der Waals surface area contributed by atoms with E-state index in [4.69, 9.17) is 9.72 Å². The molecule has 0 saturated heterocycles. The number of hydrogen-bond donors (Lipinski definition) is 0. The fourth-order valence-corrected chi connectivity index (χ4v) is 4.41. The number of fused-ring (bicyclic) bond motifs is 1. The van der Waals surface area contributed by atoms with E-state index in [9.17, 15) is 19.7 Å². The van der Waals surface area contributed by atoms with Gasteiger partial charge >= 0.3 is 0 Å². The molecule has 0 aliphatic carbocycles. The summed E-state index contributed by atoms with van der Waals surface area (Å²) < 4.78 is 7.09. The van der Waals surface area contributed by atoms with Gasteiger partial charge in [0.15, 0.2) is 0 Å². The van der Waals surface area contributed by atoms with Crippen molar-refractivity contribution in [3.63, 3.8) is 0 Å². The zero-order chi connectivity index (χ0) is 27.9. The van der Waals surface area contributed by atoms with Crippen LogP contribution in [-0.2, 0) is 4.79 Å². The van der Waals surface area contributed by atoms with Gasteiger partial charge in [0.2, 0.25) is 5.91 Å². The van der Waals surface area contributed by atoms with Gasteiger partial charge in [-0.3, -0.25) is 24.3 Å². The summed E-state index contributed by atoms with van der Waals surface area (Å²) in [6.07, 6.45) is 4.69. The first kappa shape index (κ1) is 27.3. The van der Waals surface area contributed by atoms with Crippen molar-refractivity contribution in [2.75, 3.05) is 13.7 Å². The highest BCUT2D eigenvalue weighted by molar-refractivity contribution is 5.92. The van der Waals surface area contributed by atoms with Gasteiger partial charge in [0, 0.05) is 24.8 Å². The molecular formula is C30H30N4O5. The van der Waals surface area contributed by atoms with E-state index in [0.29, 0.717) is 40.3 Å². The molecule has 1 atom stereocenters. The molecule has 0 spiro atoms. The number of carbonyl (C=O) groups is 1. The minimum Gasteiger partial charge on any atom is -0.495 e. The molecule has 0 fully saturated rings. The van der Waals surface area contributed by atoms with E-state index in [1.165, 1.54) is 22.8 Å². The average Bonchev–Trinajstić information content (AvgIpc) is 2.96. The molecule has 1 heterocycles. The lowest BCUT2D eigenvalue weighted by Crippen LogP contribution is -2.37. The number of rotatable bonds is 10. The van der Waals surface area contributed by atoms with Gasteiger partial charge in [-0.25, -0.2) is 4.98 Å². The van der Waals surface area contributed by atoms with Crippen LogP contribution in [-0.4, -0.2) is 38.9 Å². The summed E-state index contributed by atoms with van der Waals surface area (Å²) in [6, 6.07) is 19.8. The summed E-state index contributed by atoms with van der Waals surface area (Å²) in [7, 11) is 1.54. The molecule has 0 aliphatic rings. The van der Waals surface area contributed by atoms with Crippen LogP contribution in [0.3, 0.4) is 0 Å². The Balaban J connectivity index is 1.79. The minimum atomic E-state index is -0.562. The Hall–Kier alpha value is -4.79. The highest BCUT2D eigenvalue weighted by Crippen LogP contribution is 2.28. The van der Waals surface area contributed by atoms with Crippen molar-refractivity contribution >= 4 is 28.6 Å². The third-order valence-electron chi connectivity index (χ3n) is 6.53. The highest BCUT2D eigenvalue weighted by Gasteiger charge is 2.26. The normalized spacial score (nSPS) is 12.0. The molecule has 0 saturated carbocycles. The fourth-order valence-electron chi connectivity index (χ4n) is 4.41. The predicted octanol–water partition coefficient (Wildman–Crippen LogP) is 5.71. The number of ether oxygens (including phenoxy) is 1. The number of non-ortho nitro benzene ring substituents is 1. The summed E-state index contributed by atoms with van der Waals surface area (Å²) >= 11 is 0. The van der Waals surface area contributed by atoms with Crippen molar-refractivity contribution in [2.24, 2.45) is 0 Å². The molecule has 4 aromatic rings. The van der Waals surface area contributed by atoms with Crippen molar-refractivity contribution in [3.05, 3.63) is 111 Å². The number of nitro benzene ring substituents is 1. The maximum absolute atomic E-state index is 13.8. The van der Waals surface area contributed by atoms with E-state index in [0.717, 1.165) is 12.8 Å². The van der Waals surface area contributed by atoms with Crippen molar-refractivity contribution in [1.82, 2.24) is 14.5 Å². The van der Waals surface area contributed by atoms with E-state index in [-0.39, 0.29) is 17.2 Å². The van der Waals surface area contributed by atoms with Crippen molar-refractivity contribution in [1.29, 1.82) is 0 Å². The van der Waals surface area contributed by atoms with Crippen molar-refractivity contribution in [3.8, 4) is 11.4 Å². The van der Waals surface area contributed by atoms with E-state index in [2.05, 4.69) is 0 Å². The Morgan fingerprint density at radius 2 is 1.79 bits per heavy atom. The topological polar surface area (TPSA) is 108 Å². The van der Waals surface area contributed by atoms with E-state index in [1.54, 1.807) is 60.6 Å². The van der Waals surface area contributed by atoms with Gasteiger partial charge in [-0.05, 0) is 61.4 Å². The summed E-state index contributed by atoms with van der Waals surface area (Å²) in [5.74, 6) is 0.661. The van der Waals surface area contributed by atoms with Gasteiger partial charge in [0.25, 0.3) is 11.2 Å². The zero-order valence-electron chi connectivity index (χ0n) is 22.1. The number of hydrogen-bond acceptors (Lipinski definition) is 6. The third-order valence-corrected chi connectivity index (χ3v) is 6.53. The molecule has 9 heteroatoms. The molecule has 9 nitrogen and oxygen atoms in total.